The number of nitrogens with two attached hydrogens (primary N) is 1. The fourth-order valence-electron chi connectivity index (χ4n) is 2.92. The van der Waals surface area contributed by atoms with Crippen molar-refractivity contribution in [1.29, 1.82) is 0 Å². The molecule has 0 rings (SSSR count). The number of aliphatic hydroxyl groups is 3. The molecule has 194 valence electrons. The summed E-state index contributed by atoms with van der Waals surface area (Å²) in [7, 11) is 0. The van der Waals surface area contributed by atoms with Crippen molar-refractivity contribution in [3.8, 4) is 0 Å². The Balaban J connectivity index is -0.000000575. The van der Waals surface area contributed by atoms with Crippen molar-refractivity contribution in [2.24, 2.45) is 5.73 Å². The van der Waals surface area contributed by atoms with E-state index < -0.39 is 5.97 Å². The second-order valence-corrected chi connectivity index (χ2v) is 8.10. The van der Waals surface area contributed by atoms with Gasteiger partial charge < -0.3 is 26.2 Å². The molecule has 0 radical (unpaired) electrons. The van der Waals surface area contributed by atoms with Crippen LogP contribution in [0.25, 0.3) is 0 Å². The Morgan fingerprint density at radius 1 is 0.625 bits per heavy atom. The van der Waals surface area contributed by atoms with Gasteiger partial charge in [-0.1, -0.05) is 83.3 Å². The molecular formula is C26H55NO5. The molecule has 6 heteroatoms. The van der Waals surface area contributed by atoms with Gasteiger partial charge in [-0.3, -0.25) is 4.79 Å². The minimum Gasteiger partial charge on any atom is -0.481 e. The average molecular weight is 462 g/mol. The molecule has 6 nitrogen and oxygen atoms in total. The Labute approximate surface area is 198 Å². The van der Waals surface area contributed by atoms with E-state index in [4.69, 9.17) is 26.2 Å². The van der Waals surface area contributed by atoms with Gasteiger partial charge in [-0.05, 0) is 44.9 Å². The molecule has 0 saturated heterocycles. The average Bonchev–Trinajstić information content (AvgIpc) is 2.80. The maximum atomic E-state index is 10.3. The molecule has 32 heavy (non-hydrogen) atoms. The monoisotopic (exact) mass is 461 g/mol. The summed E-state index contributed by atoms with van der Waals surface area (Å²) in [6.45, 7) is 3.30. The van der Waals surface area contributed by atoms with Crippen LogP contribution in [0.1, 0.15) is 122 Å². The zero-order valence-electron chi connectivity index (χ0n) is 21.0. The first-order valence-electron chi connectivity index (χ1n) is 13.0. The lowest BCUT2D eigenvalue weighted by atomic mass is 10.1. The number of carboxylic acids is 1. The van der Waals surface area contributed by atoms with Gasteiger partial charge in [0.1, 0.15) is 0 Å². The summed E-state index contributed by atoms with van der Waals surface area (Å²) < 4.78 is 0. The summed E-state index contributed by atoms with van der Waals surface area (Å²) in [4.78, 5) is 10.3. The van der Waals surface area contributed by atoms with Gasteiger partial charge in [-0.15, -0.1) is 0 Å². The molecule has 0 aliphatic carbocycles. The van der Waals surface area contributed by atoms with Crippen molar-refractivity contribution in [2.45, 2.75) is 122 Å². The molecular weight excluding hydrogens is 406 g/mol. The molecule has 6 N–H and O–H groups in total. The molecule has 0 aromatic heterocycles. The van der Waals surface area contributed by atoms with Gasteiger partial charge >= 0.3 is 5.97 Å². The van der Waals surface area contributed by atoms with Gasteiger partial charge in [-0.25, -0.2) is 0 Å². The molecule has 0 unspecified atom stereocenters. The third-order valence-electron chi connectivity index (χ3n) is 4.85. The maximum absolute atomic E-state index is 10.3. The van der Waals surface area contributed by atoms with E-state index in [-0.39, 0.29) is 19.8 Å². The Bertz CT molecular complexity index is 343. The van der Waals surface area contributed by atoms with Crippen molar-refractivity contribution >= 4 is 5.97 Å². The van der Waals surface area contributed by atoms with Crippen LogP contribution in [0.4, 0.5) is 0 Å². The summed E-state index contributed by atoms with van der Waals surface area (Å²) in [5, 5.41) is 32.9. The van der Waals surface area contributed by atoms with E-state index in [0.717, 1.165) is 38.5 Å². The largest absolute Gasteiger partial charge is 0.481 e. The number of rotatable bonds is 21. The number of hydrogen-bond donors (Lipinski definition) is 5. The number of hydrogen-bond acceptors (Lipinski definition) is 5. The summed E-state index contributed by atoms with van der Waals surface area (Å²) in [5.41, 5.74) is 4.78. The second kappa shape index (κ2) is 37.4. The predicted molar refractivity (Wildman–Crippen MR) is 136 cm³/mol. The Hall–Kier alpha value is -0.950. The summed E-state index contributed by atoms with van der Waals surface area (Å²) in [5.74, 6) is -0.664. The highest BCUT2D eigenvalue weighted by Gasteiger charge is 1.95. The number of carboxylic acid groups (broad SMARTS) is 1. The van der Waals surface area contributed by atoms with Crippen LogP contribution in [0, 0.1) is 0 Å². The molecule has 0 saturated carbocycles. The maximum Gasteiger partial charge on any atom is 0.303 e. The topological polar surface area (TPSA) is 124 Å². The molecule has 0 aromatic carbocycles. The first kappa shape index (κ1) is 35.6. The second-order valence-electron chi connectivity index (χ2n) is 8.10. The SMILES string of the molecule is CCCCCCCC/C=C\CCCCCCCC(=O)O.NCCO.OCCCCCCO. The fourth-order valence-corrected chi connectivity index (χ4v) is 2.92. The highest BCUT2D eigenvalue weighted by atomic mass is 16.4. The number of aliphatic carboxylic acids is 1. The van der Waals surface area contributed by atoms with Gasteiger partial charge in [0.05, 0.1) is 6.61 Å². The van der Waals surface area contributed by atoms with Gasteiger partial charge in [0.25, 0.3) is 0 Å². The number of carbonyl (C=O) groups is 1. The summed E-state index contributed by atoms with van der Waals surface area (Å²) in [6, 6.07) is 0. The summed E-state index contributed by atoms with van der Waals surface area (Å²) >= 11 is 0. The molecule has 0 spiro atoms. The van der Waals surface area contributed by atoms with Gasteiger partial charge in [0.15, 0.2) is 0 Å². The first-order valence-corrected chi connectivity index (χ1v) is 13.0. The molecule has 0 atom stereocenters. The number of unbranched alkanes of at least 4 members (excludes halogenated alkanes) is 14. The lowest BCUT2D eigenvalue weighted by Crippen LogP contribution is -2.02. The minimum absolute atomic E-state index is 0.0972. The molecule has 0 fully saturated rings. The van der Waals surface area contributed by atoms with E-state index in [2.05, 4.69) is 19.1 Å². The lowest BCUT2D eigenvalue weighted by Gasteiger charge is -1.99. The van der Waals surface area contributed by atoms with Crippen molar-refractivity contribution in [2.75, 3.05) is 26.4 Å². The molecule has 0 aromatic rings. The standard InChI is InChI=1S/C18H34O2.C6H14O2.C2H7NO/c1-2-3-4-5-6-7-8-9-10-11-12-13-14-15-16-17-18(19)20;7-5-3-1-2-4-6-8;3-1-2-4/h9-10H,2-8,11-17H2,1H3,(H,19,20);7-8H,1-6H2;4H,1-3H2/b10-9-;;. The van der Waals surface area contributed by atoms with Gasteiger partial charge in [0.2, 0.25) is 0 Å². The van der Waals surface area contributed by atoms with Crippen LogP contribution in [0.15, 0.2) is 12.2 Å². The molecule has 0 bridgehead atoms. The van der Waals surface area contributed by atoms with Crippen molar-refractivity contribution in [3.05, 3.63) is 12.2 Å². The zero-order valence-corrected chi connectivity index (χ0v) is 21.0. The van der Waals surface area contributed by atoms with Crippen LogP contribution in [0.2, 0.25) is 0 Å². The third kappa shape index (κ3) is 47.0. The van der Waals surface area contributed by atoms with Crippen LogP contribution < -0.4 is 5.73 Å². The summed E-state index contributed by atoms with van der Waals surface area (Å²) in [6.07, 6.45) is 25.1. The van der Waals surface area contributed by atoms with Crippen LogP contribution in [-0.4, -0.2) is 52.8 Å². The third-order valence-corrected chi connectivity index (χ3v) is 4.85. The normalized spacial score (nSPS) is 10.4. The van der Waals surface area contributed by atoms with E-state index >= 15 is 0 Å². The van der Waals surface area contributed by atoms with Crippen LogP contribution in [0.5, 0.6) is 0 Å². The first-order chi connectivity index (χ1) is 15.6. The Morgan fingerprint density at radius 3 is 1.38 bits per heavy atom. The Kier molecular flexibility index (Phi) is 41.6. The van der Waals surface area contributed by atoms with E-state index in [1.165, 1.54) is 70.6 Å². The minimum atomic E-state index is -0.664. The van der Waals surface area contributed by atoms with Crippen LogP contribution >= 0.6 is 0 Å². The highest BCUT2D eigenvalue weighted by molar-refractivity contribution is 5.66. The van der Waals surface area contributed by atoms with E-state index in [1.54, 1.807) is 0 Å². The predicted octanol–water partition coefficient (Wildman–Crippen LogP) is 5.58. The lowest BCUT2D eigenvalue weighted by molar-refractivity contribution is -0.137. The zero-order chi connectivity index (χ0) is 24.5. The smallest absolute Gasteiger partial charge is 0.303 e. The fraction of sp³-hybridized carbons (Fsp3) is 0.885. The van der Waals surface area contributed by atoms with Gasteiger partial charge in [-0.2, -0.15) is 0 Å². The number of allylic oxidation sites excluding steroid dienone is 2. The van der Waals surface area contributed by atoms with Crippen molar-refractivity contribution in [3.63, 3.8) is 0 Å². The Morgan fingerprint density at radius 2 is 1.00 bits per heavy atom. The molecule has 0 aliphatic heterocycles. The quantitative estimate of drug-likeness (QED) is 0.112. The molecule has 0 amide bonds. The van der Waals surface area contributed by atoms with Crippen LogP contribution in [0.3, 0.4) is 0 Å². The number of aliphatic hydroxyl groups excluding tert-OH is 3. The van der Waals surface area contributed by atoms with Crippen molar-refractivity contribution in [1.82, 2.24) is 0 Å². The molecule has 0 aliphatic rings. The van der Waals surface area contributed by atoms with Gasteiger partial charge in [0, 0.05) is 26.2 Å². The molecule has 0 heterocycles. The van der Waals surface area contributed by atoms with E-state index in [1.807, 2.05) is 0 Å². The van der Waals surface area contributed by atoms with E-state index in [0.29, 0.717) is 13.0 Å². The van der Waals surface area contributed by atoms with E-state index in [9.17, 15) is 4.79 Å². The van der Waals surface area contributed by atoms with Crippen molar-refractivity contribution < 1.29 is 25.2 Å². The highest BCUT2D eigenvalue weighted by Crippen LogP contribution is 2.09. The van der Waals surface area contributed by atoms with Crippen LogP contribution in [-0.2, 0) is 4.79 Å².